The second kappa shape index (κ2) is 11.4. The van der Waals surface area contributed by atoms with E-state index >= 15 is 0 Å². The zero-order valence-corrected chi connectivity index (χ0v) is 23.8. The number of nitrogens with zero attached hydrogens (tertiary/aromatic N) is 2. The van der Waals surface area contributed by atoms with E-state index in [1.165, 1.54) is 34.9 Å². The molecule has 2 aliphatic rings. The molecular weight excluding hydrogens is 528 g/mol. The Labute approximate surface area is 225 Å². The molecule has 2 aromatic carbocycles. The van der Waals surface area contributed by atoms with E-state index in [1.54, 1.807) is 37.3 Å². The van der Waals surface area contributed by atoms with Crippen LogP contribution in [0.25, 0.3) is 5.57 Å². The molecular formula is C27H36N2O7S2. The van der Waals surface area contributed by atoms with Crippen LogP contribution in [0.5, 0.6) is 11.5 Å². The van der Waals surface area contributed by atoms with Gasteiger partial charge in [0.25, 0.3) is 0 Å². The van der Waals surface area contributed by atoms with E-state index in [2.05, 4.69) is 6.08 Å². The van der Waals surface area contributed by atoms with Crippen molar-refractivity contribution in [1.29, 1.82) is 0 Å². The summed E-state index contributed by atoms with van der Waals surface area (Å²) < 4.78 is 68.1. The van der Waals surface area contributed by atoms with Gasteiger partial charge in [-0.25, -0.2) is 16.8 Å². The number of likely N-dealkylation sites (N-methyl/N-ethyl adjacent to an activating group) is 1. The molecule has 38 heavy (non-hydrogen) atoms. The van der Waals surface area contributed by atoms with Crippen molar-refractivity contribution in [3.63, 3.8) is 0 Å². The van der Waals surface area contributed by atoms with Gasteiger partial charge < -0.3 is 14.6 Å². The number of methoxy groups -OCH3 is 1. The van der Waals surface area contributed by atoms with Gasteiger partial charge in [-0.05, 0) is 73.7 Å². The van der Waals surface area contributed by atoms with E-state index in [0.29, 0.717) is 5.75 Å². The fourth-order valence-corrected chi connectivity index (χ4v) is 7.86. The third-order valence-corrected chi connectivity index (χ3v) is 11.1. The molecule has 9 nitrogen and oxygen atoms in total. The molecule has 4 rings (SSSR count). The van der Waals surface area contributed by atoms with Gasteiger partial charge in [0, 0.05) is 25.6 Å². The number of sulfonamides is 2. The number of benzene rings is 2. The Balaban J connectivity index is 1.72. The highest BCUT2D eigenvalue weighted by Gasteiger charge is 2.39. The quantitative estimate of drug-likeness (QED) is 0.523. The van der Waals surface area contributed by atoms with Gasteiger partial charge in [0.05, 0.1) is 25.2 Å². The van der Waals surface area contributed by atoms with Crippen LogP contribution in [-0.2, 0) is 20.0 Å². The minimum absolute atomic E-state index is 0.00326. The molecule has 1 heterocycles. The molecule has 1 aliphatic carbocycles. The number of ether oxygens (including phenoxy) is 2. The van der Waals surface area contributed by atoms with Crippen molar-refractivity contribution in [2.45, 2.75) is 55.0 Å². The minimum Gasteiger partial charge on any atom is -0.497 e. The summed E-state index contributed by atoms with van der Waals surface area (Å²) >= 11 is 0. The van der Waals surface area contributed by atoms with Gasteiger partial charge in [-0.3, -0.25) is 0 Å². The Hall–Kier alpha value is -2.44. The topological polar surface area (TPSA) is 113 Å². The van der Waals surface area contributed by atoms with Gasteiger partial charge in [0.1, 0.15) is 22.5 Å². The van der Waals surface area contributed by atoms with E-state index in [4.69, 9.17) is 9.47 Å². The van der Waals surface area contributed by atoms with Crippen LogP contribution >= 0.6 is 0 Å². The fraction of sp³-hybridized carbons (Fsp3) is 0.481. The first-order valence-electron chi connectivity index (χ1n) is 12.7. The molecule has 1 aliphatic heterocycles. The van der Waals surface area contributed by atoms with Crippen LogP contribution in [0.1, 0.15) is 38.7 Å². The van der Waals surface area contributed by atoms with Crippen molar-refractivity contribution < 1.29 is 31.4 Å². The second-order valence-corrected chi connectivity index (χ2v) is 13.9. The molecule has 208 valence electrons. The molecule has 2 aromatic rings. The third-order valence-electron chi connectivity index (χ3n) is 7.28. The van der Waals surface area contributed by atoms with Crippen molar-refractivity contribution in [2.75, 3.05) is 33.9 Å². The Morgan fingerprint density at radius 3 is 2.53 bits per heavy atom. The van der Waals surface area contributed by atoms with Crippen LogP contribution in [-0.4, -0.2) is 76.6 Å². The smallest absolute Gasteiger partial charge is 0.247 e. The highest BCUT2D eigenvalue weighted by Crippen LogP contribution is 2.37. The fourth-order valence-electron chi connectivity index (χ4n) is 4.86. The number of fused-ring (bicyclic) bond motifs is 1. The van der Waals surface area contributed by atoms with E-state index in [9.17, 15) is 21.9 Å². The maximum atomic E-state index is 13.7. The van der Waals surface area contributed by atoms with Crippen LogP contribution in [0.2, 0.25) is 0 Å². The largest absolute Gasteiger partial charge is 0.497 e. The normalized spacial score (nSPS) is 22.6. The summed E-state index contributed by atoms with van der Waals surface area (Å²) in [6.07, 6.45) is 4.42. The standard InChI is InChI=1S/C27H36N2O7S2/c1-19-16-29(20(2)18-30)38(33,34)27-14-9-22(21-7-5-6-8-21)15-25(27)36-26(19)17-28(3)37(31,32)24-12-10-23(35-4)11-13-24/h7,9-15,19-20,26,30H,5-6,8,16-18H2,1-4H3/t19-,20+,26+/m1/s1. The van der Waals surface area contributed by atoms with Crippen LogP contribution < -0.4 is 9.47 Å². The molecule has 1 N–H and O–H groups in total. The summed E-state index contributed by atoms with van der Waals surface area (Å²) in [5.41, 5.74) is 2.03. The van der Waals surface area contributed by atoms with Gasteiger partial charge in [0.15, 0.2) is 0 Å². The summed E-state index contributed by atoms with van der Waals surface area (Å²) in [5.74, 6) is 0.361. The Morgan fingerprint density at radius 2 is 1.92 bits per heavy atom. The average Bonchev–Trinajstić information content (AvgIpc) is 3.45. The number of aliphatic hydroxyl groups is 1. The summed E-state index contributed by atoms with van der Waals surface area (Å²) in [5, 5.41) is 9.84. The molecule has 11 heteroatoms. The van der Waals surface area contributed by atoms with E-state index in [1.807, 2.05) is 6.92 Å². The summed E-state index contributed by atoms with van der Waals surface area (Å²) in [7, 11) is -4.82. The number of rotatable bonds is 8. The molecule has 3 atom stereocenters. The lowest BCUT2D eigenvalue weighted by molar-refractivity contribution is 0.0904. The number of hydrogen-bond acceptors (Lipinski definition) is 7. The van der Waals surface area contributed by atoms with E-state index in [0.717, 1.165) is 30.4 Å². The van der Waals surface area contributed by atoms with Crippen molar-refractivity contribution in [1.82, 2.24) is 8.61 Å². The van der Waals surface area contributed by atoms with E-state index in [-0.39, 0.29) is 41.2 Å². The Morgan fingerprint density at radius 1 is 1.21 bits per heavy atom. The average molecular weight is 565 g/mol. The zero-order chi connectivity index (χ0) is 27.7. The first kappa shape index (κ1) is 28.6. The lowest BCUT2D eigenvalue weighted by atomic mass is 10.0. The Kier molecular flexibility index (Phi) is 8.53. The zero-order valence-electron chi connectivity index (χ0n) is 22.2. The first-order chi connectivity index (χ1) is 18.0. The predicted molar refractivity (Wildman–Crippen MR) is 145 cm³/mol. The molecule has 0 bridgehead atoms. The number of allylic oxidation sites excluding steroid dienone is 2. The third kappa shape index (κ3) is 5.62. The highest BCUT2D eigenvalue weighted by atomic mass is 32.2. The monoisotopic (exact) mass is 564 g/mol. The first-order valence-corrected chi connectivity index (χ1v) is 15.6. The molecule has 0 saturated carbocycles. The van der Waals surface area contributed by atoms with Crippen molar-refractivity contribution in [3.8, 4) is 11.5 Å². The van der Waals surface area contributed by atoms with Crippen molar-refractivity contribution >= 4 is 25.6 Å². The summed E-state index contributed by atoms with van der Waals surface area (Å²) in [6.45, 7) is 3.21. The molecule has 0 unspecified atom stereocenters. The van der Waals surface area contributed by atoms with Gasteiger partial charge in [-0.1, -0.05) is 19.1 Å². The predicted octanol–water partition coefficient (Wildman–Crippen LogP) is 3.35. The van der Waals surface area contributed by atoms with Crippen LogP contribution in [0.4, 0.5) is 0 Å². The molecule has 0 saturated heterocycles. The second-order valence-electron chi connectivity index (χ2n) is 9.98. The maximum Gasteiger partial charge on any atom is 0.247 e. The molecule has 0 spiro atoms. The lowest BCUT2D eigenvalue weighted by Crippen LogP contribution is -2.50. The molecule has 0 radical (unpaired) electrons. The van der Waals surface area contributed by atoms with Gasteiger partial charge in [-0.2, -0.15) is 8.61 Å². The number of hydrogen-bond donors (Lipinski definition) is 1. The lowest BCUT2D eigenvalue weighted by Gasteiger charge is -2.37. The summed E-state index contributed by atoms with van der Waals surface area (Å²) in [4.78, 5) is 0.131. The summed E-state index contributed by atoms with van der Waals surface area (Å²) in [6, 6.07) is 10.6. The van der Waals surface area contributed by atoms with Crippen LogP contribution in [0.3, 0.4) is 0 Å². The van der Waals surface area contributed by atoms with Crippen LogP contribution in [0.15, 0.2) is 58.3 Å². The minimum atomic E-state index is -3.97. The van der Waals surface area contributed by atoms with Crippen molar-refractivity contribution in [2.24, 2.45) is 5.92 Å². The highest BCUT2D eigenvalue weighted by molar-refractivity contribution is 7.89. The number of aliphatic hydroxyl groups excluding tert-OH is 1. The van der Waals surface area contributed by atoms with Gasteiger partial charge in [0.2, 0.25) is 20.0 Å². The molecule has 0 aromatic heterocycles. The molecule has 0 amide bonds. The van der Waals surface area contributed by atoms with Gasteiger partial charge in [-0.15, -0.1) is 0 Å². The maximum absolute atomic E-state index is 13.7. The van der Waals surface area contributed by atoms with Crippen molar-refractivity contribution in [3.05, 3.63) is 54.1 Å². The molecule has 0 fully saturated rings. The van der Waals surface area contributed by atoms with Crippen LogP contribution in [0, 0.1) is 5.92 Å². The van der Waals surface area contributed by atoms with Gasteiger partial charge >= 0.3 is 0 Å². The van der Waals surface area contributed by atoms with E-state index < -0.39 is 32.2 Å². The Bertz CT molecular complexity index is 1390. The SMILES string of the molecule is COc1ccc(S(=O)(=O)N(C)C[C@@H]2Oc3cc(C4=CCCC4)ccc3S(=O)(=O)N([C@@H](C)CO)C[C@H]2C)cc1.